The van der Waals surface area contributed by atoms with Gasteiger partial charge in [-0.3, -0.25) is 4.90 Å². The number of hydrogen-bond donors (Lipinski definition) is 0. The topological polar surface area (TPSA) is 12.5 Å². The summed E-state index contributed by atoms with van der Waals surface area (Å²) in [7, 11) is 0. The molecule has 0 N–H and O–H groups in total. The highest BCUT2D eigenvalue weighted by Crippen LogP contribution is 2.17. The van der Waals surface area contributed by atoms with Crippen LogP contribution in [0.4, 0.5) is 0 Å². The fourth-order valence-electron chi connectivity index (χ4n) is 2.94. The first-order valence-electron chi connectivity index (χ1n) is 7.82. The Morgan fingerprint density at radius 1 is 0.857 bits per heavy atom. The highest BCUT2D eigenvalue weighted by molar-refractivity contribution is 5.17. The molecule has 21 heavy (non-hydrogen) atoms. The summed E-state index contributed by atoms with van der Waals surface area (Å²) in [6.45, 7) is 3.91. The molecule has 0 radical (unpaired) electrons. The van der Waals surface area contributed by atoms with Gasteiger partial charge in [0.1, 0.15) is 0 Å². The second kappa shape index (κ2) is 7.39. The van der Waals surface area contributed by atoms with Crippen molar-refractivity contribution in [2.45, 2.75) is 32.0 Å². The van der Waals surface area contributed by atoms with Gasteiger partial charge in [0.25, 0.3) is 0 Å². The number of nitrogens with zero attached hydrogens (tertiary/aromatic N) is 1. The van der Waals surface area contributed by atoms with Crippen LogP contribution in [0, 0.1) is 0 Å². The molecule has 1 atom stereocenters. The van der Waals surface area contributed by atoms with Gasteiger partial charge in [0, 0.05) is 26.2 Å². The van der Waals surface area contributed by atoms with E-state index >= 15 is 0 Å². The Kier molecular flexibility index (Phi) is 5.03. The SMILES string of the molecule is c1ccc(CN(Cc2ccccc2)C[C@H]2CCCO2)cc1. The van der Waals surface area contributed by atoms with Crippen LogP contribution < -0.4 is 0 Å². The van der Waals surface area contributed by atoms with Crippen molar-refractivity contribution >= 4 is 0 Å². The van der Waals surface area contributed by atoms with Crippen LogP contribution in [-0.4, -0.2) is 24.2 Å². The van der Waals surface area contributed by atoms with E-state index in [0.29, 0.717) is 6.10 Å². The Hall–Kier alpha value is -1.64. The zero-order valence-electron chi connectivity index (χ0n) is 12.4. The van der Waals surface area contributed by atoms with Gasteiger partial charge in [-0.1, -0.05) is 60.7 Å². The fraction of sp³-hybridized carbons (Fsp3) is 0.368. The first kappa shape index (κ1) is 14.3. The molecule has 0 spiro atoms. The van der Waals surface area contributed by atoms with Gasteiger partial charge in [0.05, 0.1) is 6.10 Å². The molecule has 0 unspecified atom stereocenters. The molecular formula is C19H23NO. The summed E-state index contributed by atoms with van der Waals surface area (Å²) >= 11 is 0. The van der Waals surface area contributed by atoms with Crippen molar-refractivity contribution in [2.24, 2.45) is 0 Å². The van der Waals surface area contributed by atoms with Crippen molar-refractivity contribution in [2.75, 3.05) is 13.2 Å². The molecule has 0 saturated carbocycles. The fourth-order valence-corrected chi connectivity index (χ4v) is 2.94. The van der Waals surface area contributed by atoms with E-state index in [1.807, 2.05) is 0 Å². The smallest absolute Gasteiger partial charge is 0.0703 e. The summed E-state index contributed by atoms with van der Waals surface area (Å²) in [5.74, 6) is 0. The van der Waals surface area contributed by atoms with Crippen LogP contribution in [0.25, 0.3) is 0 Å². The van der Waals surface area contributed by atoms with E-state index in [1.165, 1.54) is 24.0 Å². The van der Waals surface area contributed by atoms with Crippen molar-refractivity contribution in [3.8, 4) is 0 Å². The molecule has 0 bridgehead atoms. The first-order valence-corrected chi connectivity index (χ1v) is 7.82. The number of rotatable bonds is 6. The van der Waals surface area contributed by atoms with Gasteiger partial charge in [-0.25, -0.2) is 0 Å². The summed E-state index contributed by atoms with van der Waals surface area (Å²) in [5.41, 5.74) is 2.73. The van der Waals surface area contributed by atoms with Crippen LogP contribution in [0.3, 0.4) is 0 Å². The number of benzene rings is 2. The second-order valence-electron chi connectivity index (χ2n) is 5.78. The standard InChI is InChI=1S/C19H23NO/c1-3-8-17(9-4-1)14-20(16-19-12-7-13-21-19)15-18-10-5-2-6-11-18/h1-6,8-11,19H,7,12-16H2/t19-/m1/s1. The molecule has 3 rings (SSSR count). The maximum Gasteiger partial charge on any atom is 0.0703 e. The second-order valence-corrected chi connectivity index (χ2v) is 5.78. The monoisotopic (exact) mass is 281 g/mol. The summed E-state index contributed by atoms with van der Waals surface area (Å²) in [4.78, 5) is 2.50. The lowest BCUT2D eigenvalue weighted by molar-refractivity contribution is 0.0679. The van der Waals surface area contributed by atoms with Crippen LogP contribution in [0.1, 0.15) is 24.0 Å². The Morgan fingerprint density at radius 3 is 1.90 bits per heavy atom. The van der Waals surface area contributed by atoms with E-state index in [0.717, 1.165) is 26.2 Å². The summed E-state index contributed by atoms with van der Waals surface area (Å²) < 4.78 is 5.82. The molecule has 0 aromatic heterocycles. The highest BCUT2D eigenvalue weighted by atomic mass is 16.5. The average Bonchev–Trinajstić information content (AvgIpc) is 3.02. The molecule has 110 valence electrons. The first-order chi connectivity index (χ1) is 10.4. The summed E-state index contributed by atoms with van der Waals surface area (Å²) in [5, 5.41) is 0. The van der Waals surface area contributed by atoms with Gasteiger partial charge >= 0.3 is 0 Å². The molecule has 0 aliphatic carbocycles. The zero-order chi connectivity index (χ0) is 14.3. The minimum Gasteiger partial charge on any atom is -0.377 e. The van der Waals surface area contributed by atoms with E-state index in [2.05, 4.69) is 65.6 Å². The van der Waals surface area contributed by atoms with Crippen molar-refractivity contribution < 1.29 is 4.74 Å². The summed E-state index contributed by atoms with van der Waals surface area (Å²) in [6, 6.07) is 21.4. The molecular weight excluding hydrogens is 258 g/mol. The Balaban J connectivity index is 1.67. The predicted octanol–water partition coefficient (Wildman–Crippen LogP) is 3.87. The van der Waals surface area contributed by atoms with Gasteiger partial charge in [-0.2, -0.15) is 0 Å². The molecule has 2 nitrogen and oxygen atoms in total. The quantitative estimate of drug-likeness (QED) is 0.797. The van der Waals surface area contributed by atoms with E-state index in [1.54, 1.807) is 0 Å². The number of hydrogen-bond acceptors (Lipinski definition) is 2. The Bertz CT molecular complexity index is 478. The molecule has 2 aromatic carbocycles. The third kappa shape index (κ3) is 4.42. The normalized spacial score (nSPS) is 18.2. The van der Waals surface area contributed by atoms with Crippen LogP contribution in [-0.2, 0) is 17.8 Å². The maximum absolute atomic E-state index is 5.82. The highest BCUT2D eigenvalue weighted by Gasteiger charge is 2.19. The largest absolute Gasteiger partial charge is 0.377 e. The lowest BCUT2D eigenvalue weighted by atomic mass is 10.1. The van der Waals surface area contributed by atoms with Crippen LogP contribution in [0.5, 0.6) is 0 Å². The molecule has 2 aromatic rings. The average molecular weight is 281 g/mol. The van der Waals surface area contributed by atoms with Gasteiger partial charge in [0.15, 0.2) is 0 Å². The third-order valence-electron chi connectivity index (χ3n) is 3.98. The predicted molar refractivity (Wildman–Crippen MR) is 86.0 cm³/mol. The van der Waals surface area contributed by atoms with Crippen molar-refractivity contribution in [1.29, 1.82) is 0 Å². The van der Waals surface area contributed by atoms with Crippen molar-refractivity contribution in [3.05, 3.63) is 71.8 Å². The zero-order valence-corrected chi connectivity index (χ0v) is 12.4. The molecule has 1 fully saturated rings. The maximum atomic E-state index is 5.82. The van der Waals surface area contributed by atoms with E-state index in [-0.39, 0.29) is 0 Å². The van der Waals surface area contributed by atoms with Crippen molar-refractivity contribution in [1.82, 2.24) is 4.90 Å². The van der Waals surface area contributed by atoms with E-state index in [9.17, 15) is 0 Å². The lowest BCUT2D eigenvalue weighted by Crippen LogP contribution is -2.31. The van der Waals surface area contributed by atoms with Crippen LogP contribution in [0.15, 0.2) is 60.7 Å². The number of ether oxygens (including phenoxy) is 1. The van der Waals surface area contributed by atoms with Crippen molar-refractivity contribution in [3.63, 3.8) is 0 Å². The van der Waals surface area contributed by atoms with Crippen LogP contribution >= 0.6 is 0 Å². The molecule has 2 heteroatoms. The van der Waals surface area contributed by atoms with Gasteiger partial charge in [0.2, 0.25) is 0 Å². The van der Waals surface area contributed by atoms with Gasteiger partial charge < -0.3 is 4.74 Å². The summed E-state index contributed by atoms with van der Waals surface area (Å²) in [6.07, 6.45) is 2.80. The molecule has 1 heterocycles. The van der Waals surface area contributed by atoms with E-state index in [4.69, 9.17) is 4.74 Å². The minimum atomic E-state index is 0.400. The Morgan fingerprint density at radius 2 is 1.43 bits per heavy atom. The van der Waals surface area contributed by atoms with Gasteiger partial charge in [-0.15, -0.1) is 0 Å². The van der Waals surface area contributed by atoms with Crippen LogP contribution in [0.2, 0.25) is 0 Å². The van der Waals surface area contributed by atoms with Gasteiger partial charge in [-0.05, 0) is 24.0 Å². The molecule has 1 aliphatic heterocycles. The van der Waals surface area contributed by atoms with E-state index < -0.39 is 0 Å². The lowest BCUT2D eigenvalue weighted by Gasteiger charge is -2.25. The third-order valence-corrected chi connectivity index (χ3v) is 3.98. The molecule has 1 saturated heterocycles. The molecule has 1 aliphatic rings. The Labute approximate surface area is 127 Å². The molecule has 0 amide bonds. The minimum absolute atomic E-state index is 0.400.